The summed E-state index contributed by atoms with van der Waals surface area (Å²) in [6.45, 7) is 0. The van der Waals surface area contributed by atoms with Crippen LogP contribution in [0, 0.1) is 0 Å². The van der Waals surface area contributed by atoms with E-state index in [-0.39, 0.29) is 22.9 Å². The number of nitrogens with one attached hydrogen (secondary N) is 3. The molecule has 0 aromatic carbocycles. The Kier molecular flexibility index (Phi) is 3.99. The van der Waals surface area contributed by atoms with Crippen LogP contribution >= 0.6 is 0 Å². The Labute approximate surface area is 159 Å². The van der Waals surface area contributed by atoms with Crippen LogP contribution in [0.4, 0.5) is 0 Å². The molecule has 0 unspecified atom stereocenters. The fourth-order valence-electron chi connectivity index (χ4n) is 3.05. The van der Waals surface area contributed by atoms with Crippen molar-refractivity contribution in [3.63, 3.8) is 0 Å². The number of nitrogens with zero attached hydrogens (tertiary/aromatic N) is 1. The molecule has 0 spiro atoms. The second-order valence-electron chi connectivity index (χ2n) is 6.11. The van der Waals surface area contributed by atoms with Crippen molar-refractivity contribution in [2.24, 2.45) is 4.99 Å². The van der Waals surface area contributed by atoms with Gasteiger partial charge in [0, 0.05) is 50.9 Å². The predicted molar refractivity (Wildman–Crippen MR) is 98.5 cm³/mol. The molecule has 0 radical (unpaired) electrons. The zero-order valence-electron chi connectivity index (χ0n) is 13.6. The molecule has 0 saturated heterocycles. The SMILES string of the molecule is O=C1C=C2C=c3ccc([nH]3)=CC3=NC(=Cc4ccc([nH]4)C=C1N2)C=C3.[Fe]. The molecule has 8 bridgehead atoms. The van der Waals surface area contributed by atoms with Crippen LogP contribution in [0.1, 0.15) is 11.4 Å². The van der Waals surface area contributed by atoms with Crippen molar-refractivity contribution in [1.82, 2.24) is 15.3 Å². The number of rotatable bonds is 0. The van der Waals surface area contributed by atoms with Crippen LogP contribution in [0.2, 0.25) is 0 Å². The number of aliphatic imine (C=N–C) groups is 1. The molecule has 2 aromatic heterocycles. The van der Waals surface area contributed by atoms with Crippen LogP contribution in [-0.4, -0.2) is 21.5 Å². The van der Waals surface area contributed by atoms with Gasteiger partial charge in [0.2, 0.25) is 5.78 Å². The zero-order valence-corrected chi connectivity index (χ0v) is 14.7. The second kappa shape index (κ2) is 6.33. The van der Waals surface area contributed by atoms with Crippen LogP contribution in [0.25, 0.3) is 24.3 Å². The van der Waals surface area contributed by atoms with E-state index in [0.29, 0.717) is 5.70 Å². The van der Waals surface area contributed by atoms with Crippen LogP contribution in [0.5, 0.6) is 0 Å². The minimum Gasteiger partial charge on any atom is -0.355 e. The average Bonchev–Trinajstić information content (AvgIpc) is 3.33. The molecule has 128 valence electrons. The first-order valence-electron chi connectivity index (χ1n) is 8.02. The van der Waals surface area contributed by atoms with Crippen molar-refractivity contribution in [2.75, 3.05) is 0 Å². The summed E-state index contributed by atoms with van der Waals surface area (Å²) in [5, 5.41) is 5.05. The third-order valence-electron chi connectivity index (χ3n) is 4.19. The van der Waals surface area contributed by atoms with Crippen LogP contribution in [-0.2, 0) is 21.9 Å². The summed E-state index contributed by atoms with van der Waals surface area (Å²) < 4.78 is 0. The summed E-state index contributed by atoms with van der Waals surface area (Å²) in [7, 11) is 0. The zero-order chi connectivity index (χ0) is 16.8. The molecule has 3 aliphatic heterocycles. The van der Waals surface area contributed by atoms with Crippen LogP contribution < -0.4 is 16.0 Å². The van der Waals surface area contributed by atoms with Crippen molar-refractivity contribution >= 4 is 35.8 Å². The van der Waals surface area contributed by atoms with Crippen molar-refractivity contribution in [3.05, 3.63) is 81.7 Å². The first kappa shape index (κ1) is 16.4. The molecule has 0 fully saturated rings. The number of carbonyl (C=O) groups excluding carboxylic acids is 1. The van der Waals surface area contributed by atoms with Crippen LogP contribution in [0.15, 0.2) is 64.6 Å². The smallest absolute Gasteiger partial charge is 0.204 e. The Morgan fingerprint density at radius 2 is 1.54 bits per heavy atom. The first-order valence-corrected chi connectivity index (χ1v) is 8.02. The van der Waals surface area contributed by atoms with Gasteiger partial charge in [-0.25, -0.2) is 4.99 Å². The van der Waals surface area contributed by atoms with Gasteiger partial charge in [-0.1, -0.05) is 0 Å². The first-order chi connectivity index (χ1) is 12.2. The maximum Gasteiger partial charge on any atom is 0.204 e. The minimum absolute atomic E-state index is 0. The number of aromatic nitrogens is 2. The van der Waals surface area contributed by atoms with Gasteiger partial charge in [0.25, 0.3) is 0 Å². The summed E-state index contributed by atoms with van der Waals surface area (Å²) >= 11 is 0. The molecule has 5 heterocycles. The standard InChI is InChI=1S/C20H14N4O.Fe/c25-20-11-18-9-16-4-3-14(22-16)7-12-1-2-13(21-12)8-15-5-6-17(23-15)10-19(20)24-18;/h1-11,22-24H;. The number of hydrogen-bond donors (Lipinski definition) is 3. The molecule has 3 N–H and O–H groups in total. The van der Waals surface area contributed by atoms with E-state index in [1.165, 1.54) is 0 Å². The van der Waals surface area contributed by atoms with E-state index in [2.05, 4.69) is 20.3 Å². The summed E-state index contributed by atoms with van der Waals surface area (Å²) in [4.78, 5) is 23.4. The van der Waals surface area contributed by atoms with Gasteiger partial charge in [-0.15, -0.1) is 0 Å². The third-order valence-corrected chi connectivity index (χ3v) is 4.19. The quantitative estimate of drug-likeness (QED) is 0.603. The topological polar surface area (TPSA) is 73.0 Å². The van der Waals surface area contributed by atoms with E-state index >= 15 is 0 Å². The molecule has 26 heavy (non-hydrogen) atoms. The van der Waals surface area contributed by atoms with E-state index in [4.69, 9.17) is 0 Å². The maximum absolute atomic E-state index is 12.2. The molecular formula is C20H14FeN4O. The van der Waals surface area contributed by atoms with Gasteiger partial charge in [-0.05, 0) is 60.7 Å². The van der Waals surface area contributed by atoms with E-state index in [9.17, 15) is 4.79 Å². The number of carbonyl (C=O) groups is 1. The molecular weight excluding hydrogens is 368 g/mol. The van der Waals surface area contributed by atoms with Crippen molar-refractivity contribution < 1.29 is 21.9 Å². The fourth-order valence-corrected chi connectivity index (χ4v) is 3.05. The Hall–Kier alpha value is -3.08. The molecule has 0 saturated carbocycles. The fraction of sp³-hybridized carbons (Fsp3) is 0. The van der Waals surface area contributed by atoms with Gasteiger partial charge in [-0.2, -0.15) is 0 Å². The average molecular weight is 382 g/mol. The van der Waals surface area contributed by atoms with Gasteiger partial charge < -0.3 is 15.3 Å². The van der Waals surface area contributed by atoms with E-state index < -0.39 is 0 Å². The number of H-pyrrole nitrogens is 2. The summed E-state index contributed by atoms with van der Waals surface area (Å²) in [5.41, 5.74) is 4.91. The van der Waals surface area contributed by atoms with E-state index in [1.807, 2.05) is 60.7 Å². The molecule has 0 amide bonds. The minimum atomic E-state index is -0.0315. The molecule has 5 nitrogen and oxygen atoms in total. The Bertz CT molecular complexity index is 1180. The van der Waals surface area contributed by atoms with Gasteiger partial charge >= 0.3 is 0 Å². The molecule has 0 aliphatic carbocycles. The Balaban J connectivity index is 0.00000168. The van der Waals surface area contributed by atoms with Gasteiger partial charge in [0.15, 0.2) is 0 Å². The number of allylic oxidation sites excluding steroid dienone is 4. The second-order valence-corrected chi connectivity index (χ2v) is 6.11. The summed E-state index contributed by atoms with van der Waals surface area (Å²) in [6.07, 6.45) is 13.3. The summed E-state index contributed by atoms with van der Waals surface area (Å²) in [6, 6.07) is 7.89. The van der Waals surface area contributed by atoms with E-state index in [1.54, 1.807) is 6.08 Å². The monoisotopic (exact) mass is 382 g/mol. The maximum atomic E-state index is 12.2. The molecule has 3 aliphatic rings. The molecule has 5 rings (SSSR count). The van der Waals surface area contributed by atoms with E-state index in [0.717, 1.165) is 39.2 Å². The summed E-state index contributed by atoms with van der Waals surface area (Å²) in [5.74, 6) is -0.0315. The van der Waals surface area contributed by atoms with Gasteiger partial charge in [0.1, 0.15) is 0 Å². The number of fused-ring (bicyclic) bond motifs is 7. The van der Waals surface area contributed by atoms with Crippen LogP contribution in [0.3, 0.4) is 0 Å². The largest absolute Gasteiger partial charge is 0.355 e. The third kappa shape index (κ3) is 3.08. The Morgan fingerprint density at radius 3 is 2.38 bits per heavy atom. The van der Waals surface area contributed by atoms with Crippen molar-refractivity contribution in [3.8, 4) is 0 Å². The number of ketones is 1. The van der Waals surface area contributed by atoms with Crippen molar-refractivity contribution in [2.45, 2.75) is 0 Å². The number of aromatic amines is 2. The molecule has 6 heteroatoms. The number of hydrogen-bond acceptors (Lipinski definition) is 3. The molecule has 0 atom stereocenters. The normalized spacial score (nSPS) is 17.2. The predicted octanol–water partition coefficient (Wildman–Crippen LogP) is 1.36. The van der Waals surface area contributed by atoms with Gasteiger partial charge in [0.05, 0.1) is 17.1 Å². The van der Waals surface area contributed by atoms with Gasteiger partial charge in [-0.3, -0.25) is 4.79 Å². The molecule has 2 aromatic rings. The van der Waals surface area contributed by atoms with Crippen molar-refractivity contribution in [1.29, 1.82) is 0 Å². The Morgan fingerprint density at radius 1 is 0.769 bits per heavy atom.